The molecule has 2 saturated heterocycles. The molecule has 224 valence electrons. The number of nitrogens with one attached hydrogen (secondary N) is 2. The quantitative estimate of drug-likeness (QED) is 0.271. The number of aromatic nitrogens is 4. The average molecular weight is 585 g/mol. The minimum absolute atomic E-state index is 0.151. The summed E-state index contributed by atoms with van der Waals surface area (Å²) in [6, 6.07) is 14.6. The molecule has 0 atom stereocenters. The molecule has 0 radical (unpaired) electrons. The van der Waals surface area contributed by atoms with Crippen LogP contribution in [-0.4, -0.2) is 81.5 Å². The smallest absolute Gasteiger partial charge is 0.321 e. The van der Waals surface area contributed by atoms with Crippen molar-refractivity contribution in [2.45, 2.75) is 32.7 Å². The Balaban J connectivity index is 1.19. The Bertz CT molecular complexity index is 1560. The van der Waals surface area contributed by atoms with E-state index in [4.69, 9.17) is 14.8 Å². The van der Waals surface area contributed by atoms with Crippen LogP contribution in [0, 0.1) is 5.82 Å². The molecule has 2 aliphatic heterocycles. The minimum atomic E-state index is -0.513. The van der Waals surface area contributed by atoms with E-state index in [1.807, 2.05) is 31.3 Å². The van der Waals surface area contributed by atoms with Gasteiger partial charge in [-0.05, 0) is 62.1 Å². The van der Waals surface area contributed by atoms with Crippen LogP contribution in [0.1, 0.15) is 25.3 Å². The first-order valence-corrected chi connectivity index (χ1v) is 15.0. The van der Waals surface area contributed by atoms with E-state index in [2.05, 4.69) is 32.7 Å². The summed E-state index contributed by atoms with van der Waals surface area (Å²) in [7, 11) is 0. The molecular formula is C32H37FN8O2. The Labute approximate surface area is 250 Å². The summed E-state index contributed by atoms with van der Waals surface area (Å²) in [6.45, 7) is 8.57. The lowest BCUT2D eigenvalue weighted by Crippen LogP contribution is -2.37. The Morgan fingerprint density at radius 2 is 1.88 bits per heavy atom. The number of ether oxygens (including phenoxy) is 1. The van der Waals surface area contributed by atoms with E-state index in [-0.39, 0.29) is 11.7 Å². The van der Waals surface area contributed by atoms with Crippen molar-refractivity contribution in [2.24, 2.45) is 0 Å². The van der Waals surface area contributed by atoms with Crippen molar-refractivity contribution in [1.29, 1.82) is 0 Å². The number of carbonyl (C=O) groups is 1. The molecule has 4 aromatic rings. The Kier molecular flexibility index (Phi) is 8.90. The molecule has 2 fully saturated rings. The van der Waals surface area contributed by atoms with Crippen LogP contribution in [-0.2, 0) is 17.7 Å². The maximum absolute atomic E-state index is 15.2. The number of rotatable bonds is 9. The highest BCUT2D eigenvalue weighted by Crippen LogP contribution is 2.32. The number of hydrogen-bond donors (Lipinski definition) is 2. The average Bonchev–Trinajstić information content (AvgIpc) is 3.73. The third kappa shape index (κ3) is 7.00. The summed E-state index contributed by atoms with van der Waals surface area (Å²) in [5, 5.41) is 10.8. The van der Waals surface area contributed by atoms with E-state index in [0.29, 0.717) is 42.5 Å². The number of amides is 2. The number of morpholine rings is 1. The fourth-order valence-electron chi connectivity index (χ4n) is 5.48. The molecule has 0 bridgehead atoms. The van der Waals surface area contributed by atoms with Crippen molar-refractivity contribution in [1.82, 2.24) is 29.5 Å². The normalized spacial score (nSPS) is 15.5. The maximum atomic E-state index is 15.2. The molecule has 2 aromatic carbocycles. The number of carbonyl (C=O) groups excluding carboxylic acids is 1. The fraction of sp³-hybridized carbons (Fsp3) is 0.375. The largest absolute Gasteiger partial charge is 0.379 e. The van der Waals surface area contributed by atoms with Gasteiger partial charge in [0.1, 0.15) is 11.5 Å². The summed E-state index contributed by atoms with van der Waals surface area (Å²) in [5.74, 6) is -0.0511. The number of benzene rings is 2. The molecule has 0 unspecified atom stereocenters. The topological polar surface area (TPSA) is 100 Å². The van der Waals surface area contributed by atoms with Gasteiger partial charge in [0.2, 0.25) is 5.95 Å². The first kappa shape index (κ1) is 28.8. The zero-order valence-corrected chi connectivity index (χ0v) is 24.4. The Hall–Kier alpha value is -4.35. The van der Waals surface area contributed by atoms with Crippen LogP contribution in [0.3, 0.4) is 0 Å². The van der Waals surface area contributed by atoms with Gasteiger partial charge in [0.05, 0.1) is 24.6 Å². The summed E-state index contributed by atoms with van der Waals surface area (Å²) < 4.78 is 22.5. The van der Waals surface area contributed by atoms with Crippen LogP contribution in [0.25, 0.3) is 22.5 Å². The summed E-state index contributed by atoms with van der Waals surface area (Å²) in [5.41, 5.74) is 4.93. The van der Waals surface area contributed by atoms with Gasteiger partial charge >= 0.3 is 6.03 Å². The fourth-order valence-corrected chi connectivity index (χ4v) is 5.48. The number of aryl methyl sites for hydroxylation is 1. The molecule has 0 aliphatic carbocycles. The van der Waals surface area contributed by atoms with Crippen LogP contribution in [0.2, 0.25) is 0 Å². The van der Waals surface area contributed by atoms with Crippen molar-refractivity contribution in [3.63, 3.8) is 0 Å². The molecule has 2 aliphatic rings. The van der Waals surface area contributed by atoms with Gasteiger partial charge in [-0.1, -0.05) is 18.2 Å². The minimum Gasteiger partial charge on any atom is -0.379 e. The summed E-state index contributed by atoms with van der Waals surface area (Å²) in [4.78, 5) is 25.9. The maximum Gasteiger partial charge on any atom is 0.321 e. The number of likely N-dealkylation sites (tertiary alicyclic amines) is 1. The zero-order chi connectivity index (χ0) is 29.6. The Morgan fingerprint density at radius 3 is 2.67 bits per heavy atom. The van der Waals surface area contributed by atoms with Crippen molar-refractivity contribution >= 4 is 23.4 Å². The van der Waals surface area contributed by atoms with E-state index in [1.165, 1.54) is 11.6 Å². The lowest BCUT2D eigenvalue weighted by atomic mass is 10.1. The van der Waals surface area contributed by atoms with Gasteiger partial charge in [-0.3, -0.25) is 9.58 Å². The lowest BCUT2D eigenvalue weighted by molar-refractivity contribution is 0.0384. The molecule has 6 rings (SSSR count). The molecule has 11 heteroatoms. The highest BCUT2D eigenvalue weighted by Gasteiger charge is 2.21. The van der Waals surface area contributed by atoms with Gasteiger partial charge in [-0.15, -0.1) is 0 Å². The zero-order valence-electron chi connectivity index (χ0n) is 24.4. The van der Waals surface area contributed by atoms with Crippen LogP contribution >= 0.6 is 0 Å². The molecule has 2 aromatic heterocycles. The highest BCUT2D eigenvalue weighted by molar-refractivity contribution is 5.90. The van der Waals surface area contributed by atoms with Gasteiger partial charge in [-0.25, -0.2) is 19.2 Å². The molecule has 4 heterocycles. The second-order valence-corrected chi connectivity index (χ2v) is 10.9. The number of halogens is 1. The molecular weight excluding hydrogens is 547 g/mol. The van der Waals surface area contributed by atoms with E-state index in [9.17, 15) is 4.79 Å². The van der Waals surface area contributed by atoms with Gasteiger partial charge < -0.3 is 20.3 Å². The molecule has 0 spiro atoms. The van der Waals surface area contributed by atoms with Crippen LogP contribution in [0.5, 0.6) is 0 Å². The summed E-state index contributed by atoms with van der Waals surface area (Å²) in [6.07, 6.45) is 6.51. The van der Waals surface area contributed by atoms with Gasteiger partial charge in [0, 0.05) is 68.5 Å². The van der Waals surface area contributed by atoms with E-state index >= 15 is 4.39 Å². The second-order valence-electron chi connectivity index (χ2n) is 10.9. The van der Waals surface area contributed by atoms with Crippen molar-refractivity contribution in [2.75, 3.05) is 56.6 Å². The first-order chi connectivity index (χ1) is 21.1. The highest BCUT2D eigenvalue weighted by atomic mass is 19.1. The number of nitrogens with zero attached hydrogens (tertiary/aromatic N) is 6. The lowest BCUT2D eigenvalue weighted by Gasteiger charge is -2.26. The van der Waals surface area contributed by atoms with Crippen molar-refractivity contribution < 1.29 is 13.9 Å². The third-order valence-corrected chi connectivity index (χ3v) is 7.90. The predicted molar refractivity (Wildman–Crippen MR) is 165 cm³/mol. The Morgan fingerprint density at radius 1 is 1.05 bits per heavy atom. The van der Waals surface area contributed by atoms with Crippen LogP contribution in [0.4, 0.5) is 26.5 Å². The SMILES string of the molecule is CCn1cc(-c2ccnc(Nc3cccc(CCN4CCOCC4)c3)n2)c(-c2ccc(NC(=O)N3CCCC3)c(F)c2)n1. The number of anilines is 3. The monoisotopic (exact) mass is 584 g/mol. The van der Waals surface area contributed by atoms with E-state index < -0.39 is 5.82 Å². The molecule has 2 amide bonds. The van der Waals surface area contributed by atoms with E-state index in [0.717, 1.165) is 63.4 Å². The molecule has 10 nitrogen and oxygen atoms in total. The number of hydrogen-bond acceptors (Lipinski definition) is 7. The van der Waals surface area contributed by atoms with Gasteiger partial charge in [0.15, 0.2) is 0 Å². The van der Waals surface area contributed by atoms with Gasteiger partial charge in [-0.2, -0.15) is 5.10 Å². The standard InChI is InChI=1S/C32H37FN8O2/c1-2-41-22-26(30(38-41)24-8-9-29(27(33)21-24)37-32(42)40-13-3-4-14-40)28-10-12-34-31(36-28)35-25-7-5-6-23(20-25)11-15-39-16-18-43-19-17-39/h5-10,12,20-22H,2-4,11,13-19H2,1H3,(H,37,42)(H,34,35,36). The predicted octanol–water partition coefficient (Wildman–Crippen LogP) is 5.41. The van der Waals surface area contributed by atoms with Gasteiger partial charge in [0.25, 0.3) is 0 Å². The van der Waals surface area contributed by atoms with Crippen LogP contribution < -0.4 is 10.6 Å². The van der Waals surface area contributed by atoms with Crippen LogP contribution in [0.15, 0.2) is 60.9 Å². The molecule has 0 saturated carbocycles. The molecule has 2 N–H and O–H groups in total. The van der Waals surface area contributed by atoms with Crippen molar-refractivity contribution in [3.05, 3.63) is 72.3 Å². The summed E-state index contributed by atoms with van der Waals surface area (Å²) >= 11 is 0. The van der Waals surface area contributed by atoms with E-state index in [1.54, 1.807) is 27.9 Å². The van der Waals surface area contributed by atoms with Crippen molar-refractivity contribution in [3.8, 4) is 22.5 Å². The second kappa shape index (κ2) is 13.3. The first-order valence-electron chi connectivity index (χ1n) is 15.0. The molecule has 43 heavy (non-hydrogen) atoms. The number of urea groups is 1. The third-order valence-electron chi connectivity index (χ3n) is 7.90.